The van der Waals surface area contributed by atoms with Crippen LogP contribution < -0.4 is 10.7 Å². The first kappa shape index (κ1) is 24.9. The molecule has 0 unspecified atom stereocenters. The van der Waals surface area contributed by atoms with Crippen LogP contribution in [0.2, 0.25) is 0 Å². The number of hydrogen-bond donors (Lipinski definition) is 2. The molecule has 0 spiro atoms. The van der Waals surface area contributed by atoms with Crippen LogP contribution in [0.4, 0.5) is 0 Å². The van der Waals surface area contributed by atoms with Gasteiger partial charge in [0.2, 0.25) is 11.3 Å². The first-order valence-corrected chi connectivity index (χ1v) is 12.4. The number of nitrogens with one attached hydrogen (secondary N) is 1. The smallest absolute Gasteiger partial charge is 0.223 e. The quantitative estimate of drug-likeness (QED) is 0.447. The third-order valence-corrected chi connectivity index (χ3v) is 6.69. The Labute approximate surface area is 205 Å². The van der Waals surface area contributed by atoms with E-state index >= 15 is 0 Å². The van der Waals surface area contributed by atoms with Gasteiger partial charge in [0, 0.05) is 32.2 Å². The second-order valence-electron chi connectivity index (χ2n) is 9.06. The summed E-state index contributed by atoms with van der Waals surface area (Å²) in [6.45, 7) is 7.65. The maximum atomic E-state index is 13.4. The molecule has 2 heterocycles. The molecule has 0 saturated carbocycles. The van der Waals surface area contributed by atoms with Gasteiger partial charge < -0.3 is 19.6 Å². The van der Waals surface area contributed by atoms with Crippen molar-refractivity contribution < 1.29 is 19.1 Å². The topological polar surface area (TPSA) is 92.0 Å². The molecule has 7 nitrogen and oxygen atoms in total. The lowest BCUT2D eigenvalue weighted by Gasteiger charge is -2.31. The number of piperidine rings is 1. The fourth-order valence-corrected chi connectivity index (χ4v) is 4.75. The Balaban J connectivity index is 1.46. The highest BCUT2D eigenvalue weighted by atomic mass is 16.5. The van der Waals surface area contributed by atoms with Crippen LogP contribution >= 0.6 is 0 Å². The van der Waals surface area contributed by atoms with Crippen LogP contribution in [0.25, 0.3) is 22.1 Å². The number of fused-ring (bicyclic) bond motifs is 1. The van der Waals surface area contributed by atoms with Gasteiger partial charge in [0.1, 0.15) is 17.1 Å². The van der Waals surface area contributed by atoms with Gasteiger partial charge in [-0.2, -0.15) is 0 Å². The molecular weight excluding hydrogens is 444 g/mol. The zero-order valence-corrected chi connectivity index (χ0v) is 20.5. The monoisotopic (exact) mass is 478 g/mol. The summed E-state index contributed by atoms with van der Waals surface area (Å²) in [6, 6.07) is 12.7. The molecule has 1 aliphatic heterocycles. The molecule has 1 saturated heterocycles. The van der Waals surface area contributed by atoms with E-state index in [2.05, 4.69) is 10.2 Å². The Bertz CT molecular complexity index is 1210. The highest BCUT2D eigenvalue weighted by molar-refractivity contribution is 5.86. The molecule has 2 aromatic carbocycles. The molecule has 1 aromatic heterocycles. The number of benzene rings is 2. The Morgan fingerprint density at radius 3 is 2.63 bits per heavy atom. The van der Waals surface area contributed by atoms with Gasteiger partial charge in [-0.3, -0.25) is 14.5 Å². The number of hydrogen-bond acceptors (Lipinski definition) is 6. The van der Waals surface area contributed by atoms with Crippen molar-refractivity contribution in [3.05, 3.63) is 64.0 Å². The zero-order valence-electron chi connectivity index (χ0n) is 20.5. The van der Waals surface area contributed by atoms with Gasteiger partial charge in [0.05, 0.1) is 16.5 Å². The van der Waals surface area contributed by atoms with E-state index in [0.717, 1.165) is 37.9 Å². The third-order valence-electron chi connectivity index (χ3n) is 6.69. The van der Waals surface area contributed by atoms with Gasteiger partial charge in [-0.05, 0) is 63.9 Å². The fraction of sp³-hybridized carbons (Fsp3) is 0.429. The Kier molecular flexibility index (Phi) is 8.21. The summed E-state index contributed by atoms with van der Waals surface area (Å²) in [5.41, 5.74) is 2.30. The normalized spacial score (nSPS) is 14.9. The summed E-state index contributed by atoms with van der Waals surface area (Å²) in [7, 11) is 0. The van der Waals surface area contributed by atoms with E-state index in [1.165, 1.54) is 0 Å². The van der Waals surface area contributed by atoms with Gasteiger partial charge in [-0.1, -0.05) is 30.3 Å². The SMILES string of the molecule is CCOCCCNC(=O)C1CCN(Cc2c(O)ccc3c(=O)c(-c4ccccc4)c(C)oc23)CC1. The second-order valence-corrected chi connectivity index (χ2v) is 9.06. The van der Waals surface area contributed by atoms with E-state index in [-0.39, 0.29) is 23.0 Å². The summed E-state index contributed by atoms with van der Waals surface area (Å²) in [5.74, 6) is 0.735. The van der Waals surface area contributed by atoms with Gasteiger partial charge >= 0.3 is 0 Å². The Morgan fingerprint density at radius 2 is 1.91 bits per heavy atom. The van der Waals surface area contributed by atoms with Crippen LogP contribution in [-0.4, -0.2) is 48.8 Å². The molecule has 7 heteroatoms. The van der Waals surface area contributed by atoms with Crippen molar-refractivity contribution in [2.24, 2.45) is 5.92 Å². The Hall–Kier alpha value is -3.16. The van der Waals surface area contributed by atoms with Crippen molar-refractivity contribution in [3.8, 4) is 16.9 Å². The summed E-state index contributed by atoms with van der Waals surface area (Å²) in [5, 5.41) is 14.1. The summed E-state index contributed by atoms with van der Waals surface area (Å²) in [6.07, 6.45) is 2.32. The molecule has 0 aliphatic carbocycles. The molecule has 186 valence electrons. The molecule has 2 N–H and O–H groups in total. The summed E-state index contributed by atoms with van der Waals surface area (Å²) >= 11 is 0. The molecule has 0 bridgehead atoms. The lowest BCUT2D eigenvalue weighted by molar-refractivity contribution is -0.126. The lowest BCUT2D eigenvalue weighted by atomic mass is 9.95. The summed E-state index contributed by atoms with van der Waals surface area (Å²) < 4.78 is 11.5. The first-order chi connectivity index (χ1) is 17.0. The van der Waals surface area contributed by atoms with Crippen molar-refractivity contribution in [3.63, 3.8) is 0 Å². The number of carbonyl (C=O) groups excluding carboxylic acids is 1. The van der Waals surface area contributed by atoms with Crippen LogP contribution in [0.3, 0.4) is 0 Å². The maximum absolute atomic E-state index is 13.4. The standard InChI is InChI=1S/C28H34N2O5/c1-3-34-17-7-14-29-28(33)21-12-15-30(16-13-21)18-23-24(31)11-10-22-26(32)25(19(2)35-27(22)23)20-8-5-4-6-9-20/h4-6,8-11,21,31H,3,7,12-18H2,1-2H3,(H,29,33). The number of aryl methyl sites for hydroxylation is 1. The predicted molar refractivity (Wildman–Crippen MR) is 136 cm³/mol. The molecule has 4 rings (SSSR count). The number of likely N-dealkylation sites (tertiary alicyclic amines) is 1. The minimum atomic E-state index is -0.101. The number of phenols is 1. The minimum absolute atomic E-state index is 0.00642. The van der Waals surface area contributed by atoms with Crippen LogP contribution in [0.15, 0.2) is 51.7 Å². The molecule has 35 heavy (non-hydrogen) atoms. The van der Waals surface area contributed by atoms with Gasteiger partial charge in [0.15, 0.2) is 0 Å². The fourth-order valence-electron chi connectivity index (χ4n) is 4.75. The Morgan fingerprint density at radius 1 is 1.17 bits per heavy atom. The molecule has 1 fully saturated rings. The van der Waals surface area contributed by atoms with Crippen LogP contribution in [0.5, 0.6) is 5.75 Å². The van der Waals surface area contributed by atoms with Crippen molar-refractivity contribution in [1.29, 1.82) is 0 Å². The van der Waals surface area contributed by atoms with Gasteiger partial charge in [-0.25, -0.2) is 0 Å². The van der Waals surface area contributed by atoms with Crippen LogP contribution in [-0.2, 0) is 16.1 Å². The average Bonchev–Trinajstić information content (AvgIpc) is 2.86. The second kappa shape index (κ2) is 11.5. The van der Waals surface area contributed by atoms with E-state index in [1.807, 2.05) is 37.3 Å². The van der Waals surface area contributed by atoms with Crippen LogP contribution in [0, 0.1) is 12.8 Å². The number of nitrogens with zero attached hydrogens (tertiary/aromatic N) is 1. The maximum Gasteiger partial charge on any atom is 0.223 e. The van der Waals surface area contributed by atoms with E-state index < -0.39 is 0 Å². The molecule has 1 aliphatic rings. The first-order valence-electron chi connectivity index (χ1n) is 12.4. The molecule has 1 amide bonds. The molecular formula is C28H34N2O5. The lowest BCUT2D eigenvalue weighted by Crippen LogP contribution is -2.40. The largest absolute Gasteiger partial charge is 0.507 e. The van der Waals surface area contributed by atoms with E-state index in [0.29, 0.717) is 54.2 Å². The average molecular weight is 479 g/mol. The molecule has 3 aromatic rings. The van der Waals surface area contributed by atoms with E-state index in [1.54, 1.807) is 19.1 Å². The third kappa shape index (κ3) is 5.74. The number of carbonyl (C=O) groups is 1. The number of aromatic hydroxyl groups is 1. The number of amides is 1. The van der Waals surface area contributed by atoms with Crippen molar-refractivity contribution >= 4 is 16.9 Å². The molecule has 0 radical (unpaired) electrons. The van der Waals surface area contributed by atoms with E-state index in [9.17, 15) is 14.7 Å². The minimum Gasteiger partial charge on any atom is -0.507 e. The molecule has 0 atom stereocenters. The highest BCUT2D eigenvalue weighted by Gasteiger charge is 2.26. The van der Waals surface area contributed by atoms with E-state index in [4.69, 9.17) is 9.15 Å². The zero-order chi connectivity index (χ0) is 24.8. The number of ether oxygens (including phenoxy) is 1. The number of phenolic OH excluding ortho intramolecular Hbond substituents is 1. The number of rotatable bonds is 9. The van der Waals surface area contributed by atoms with Crippen LogP contribution in [0.1, 0.15) is 37.5 Å². The van der Waals surface area contributed by atoms with Gasteiger partial charge in [-0.15, -0.1) is 0 Å². The van der Waals surface area contributed by atoms with Crippen molar-refractivity contribution in [2.45, 2.75) is 39.7 Å². The summed E-state index contributed by atoms with van der Waals surface area (Å²) in [4.78, 5) is 28.1. The highest BCUT2D eigenvalue weighted by Crippen LogP contribution is 2.32. The predicted octanol–water partition coefficient (Wildman–Crippen LogP) is 4.23. The van der Waals surface area contributed by atoms with Gasteiger partial charge in [0.25, 0.3) is 0 Å². The van der Waals surface area contributed by atoms with Crippen molar-refractivity contribution in [2.75, 3.05) is 32.8 Å². The van der Waals surface area contributed by atoms with Crippen molar-refractivity contribution in [1.82, 2.24) is 10.2 Å².